The third kappa shape index (κ3) is 2.62. The number of aromatic nitrogens is 5. The van der Waals surface area contributed by atoms with Gasteiger partial charge in [0.05, 0.1) is 17.6 Å². The highest BCUT2D eigenvalue weighted by atomic mass is 19.4. The first-order valence-electron chi connectivity index (χ1n) is 6.56. The van der Waals surface area contributed by atoms with Crippen LogP contribution in [0.3, 0.4) is 0 Å². The third-order valence-electron chi connectivity index (χ3n) is 3.05. The quantitative estimate of drug-likeness (QED) is 0.721. The van der Waals surface area contributed by atoms with Crippen LogP contribution in [0.4, 0.5) is 13.2 Å². The predicted octanol–water partition coefficient (Wildman–Crippen LogP) is 2.54. The number of alkyl halides is 3. The van der Waals surface area contributed by atoms with Crippen molar-refractivity contribution in [2.75, 3.05) is 6.61 Å². The number of nitrogens with one attached hydrogen (secondary N) is 2. The summed E-state index contributed by atoms with van der Waals surface area (Å²) in [6.45, 7) is 1.76. The molecule has 0 aliphatic rings. The average molecular weight is 325 g/mol. The van der Waals surface area contributed by atoms with Crippen LogP contribution in [0.25, 0.3) is 22.3 Å². The standard InChI is InChI=1S/C13H10F3N5O2/c1-2-23-11(22)10-9(19-21-20-10)6-4-3-5-7-8(6)18-12(17-7)13(14,15)16/h3-5H,2H2,1H3,(H,17,18)(H,19,20,21). The zero-order chi connectivity index (χ0) is 16.6. The summed E-state index contributed by atoms with van der Waals surface area (Å²) < 4.78 is 43.3. The maximum absolute atomic E-state index is 12.8. The average Bonchev–Trinajstić information content (AvgIpc) is 3.13. The van der Waals surface area contributed by atoms with E-state index >= 15 is 0 Å². The summed E-state index contributed by atoms with van der Waals surface area (Å²) in [6, 6.07) is 4.48. The molecule has 3 aromatic rings. The smallest absolute Gasteiger partial charge is 0.449 e. The molecule has 0 saturated carbocycles. The van der Waals surface area contributed by atoms with Gasteiger partial charge >= 0.3 is 12.1 Å². The van der Waals surface area contributed by atoms with Crippen LogP contribution in [0.5, 0.6) is 0 Å². The largest absolute Gasteiger partial charge is 0.461 e. The number of hydrogen-bond donors (Lipinski definition) is 2. The van der Waals surface area contributed by atoms with E-state index in [-0.39, 0.29) is 34.6 Å². The first kappa shape index (κ1) is 15.0. The Labute approximate surface area is 126 Å². The van der Waals surface area contributed by atoms with Crippen molar-refractivity contribution >= 4 is 17.0 Å². The molecule has 0 amide bonds. The Morgan fingerprint density at radius 2 is 2.09 bits per heavy atom. The Hall–Kier alpha value is -2.91. The number of imidazole rings is 1. The molecule has 2 N–H and O–H groups in total. The number of H-pyrrole nitrogens is 2. The second-order valence-corrected chi connectivity index (χ2v) is 4.53. The molecule has 23 heavy (non-hydrogen) atoms. The number of ether oxygens (including phenoxy) is 1. The SMILES string of the molecule is CCOC(=O)c1n[nH]nc1-c1cccc2[nH]c(C(F)(F)F)nc12. The molecule has 0 fully saturated rings. The molecule has 0 spiro atoms. The van der Waals surface area contributed by atoms with Gasteiger partial charge in [0.2, 0.25) is 5.82 Å². The van der Waals surface area contributed by atoms with Gasteiger partial charge in [0.1, 0.15) is 5.69 Å². The molecule has 0 aliphatic carbocycles. The minimum atomic E-state index is -4.61. The molecule has 0 unspecified atom stereocenters. The number of para-hydroxylation sites is 1. The number of benzene rings is 1. The number of hydrogen-bond acceptors (Lipinski definition) is 5. The van der Waals surface area contributed by atoms with Crippen molar-refractivity contribution in [2.24, 2.45) is 0 Å². The van der Waals surface area contributed by atoms with Crippen molar-refractivity contribution in [3.63, 3.8) is 0 Å². The van der Waals surface area contributed by atoms with E-state index in [4.69, 9.17) is 4.74 Å². The molecule has 2 heterocycles. The number of esters is 1. The minimum Gasteiger partial charge on any atom is -0.461 e. The van der Waals surface area contributed by atoms with Crippen molar-refractivity contribution in [1.29, 1.82) is 0 Å². The lowest BCUT2D eigenvalue weighted by Gasteiger charge is -2.02. The topological polar surface area (TPSA) is 96.5 Å². The van der Waals surface area contributed by atoms with Crippen LogP contribution < -0.4 is 0 Å². The highest BCUT2D eigenvalue weighted by Crippen LogP contribution is 2.32. The van der Waals surface area contributed by atoms with Gasteiger partial charge in [0.25, 0.3) is 0 Å². The normalized spacial score (nSPS) is 11.8. The van der Waals surface area contributed by atoms with Gasteiger partial charge in [-0.05, 0) is 13.0 Å². The number of rotatable bonds is 3. The van der Waals surface area contributed by atoms with E-state index in [0.29, 0.717) is 0 Å². The Morgan fingerprint density at radius 1 is 1.30 bits per heavy atom. The summed E-state index contributed by atoms with van der Waals surface area (Å²) in [7, 11) is 0. The minimum absolute atomic E-state index is 0.0410. The molecular formula is C13H10F3N5O2. The lowest BCUT2D eigenvalue weighted by Crippen LogP contribution is -2.07. The van der Waals surface area contributed by atoms with Crippen LogP contribution in [-0.2, 0) is 10.9 Å². The number of carbonyl (C=O) groups is 1. The maximum atomic E-state index is 12.8. The summed E-state index contributed by atoms with van der Waals surface area (Å²) >= 11 is 0. The fraction of sp³-hybridized carbons (Fsp3) is 0.231. The second-order valence-electron chi connectivity index (χ2n) is 4.53. The van der Waals surface area contributed by atoms with Crippen LogP contribution in [0, 0.1) is 0 Å². The van der Waals surface area contributed by atoms with Crippen LogP contribution in [0.15, 0.2) is 18.2 Å². The lowest BCUT2D eigenvalue weighted by molar-refractivity contribution is -0.144. The van der Waals surface area contributed by atoms with Crippen molar-refractivity contribution in [1.82, 2.24) is 25.4 Å². The Balaban J connectivity index is 2.16. The molecule has 0 saturated heterocycles. The maximum Gasteiger partial charge on any atom is 0.449 e. The summed E-state index contributed by atoms with van der Waals surface area (Å²) in [5.74, 6) is -1.85. The van der Waals surface area contributed by atoms with E-state index in [2.05, 4.69) is 25.4 Å². The lowest BCUT2D eigenvalue weighted by atomic mass is 10.1. The molecule has 0 bridgehead atoms. The highest BCUT2D eigenvalue weighted by Gasteiger charge is 2.35. The monoisotopic (exact) mass is 325 g/mol. The van der Waals surface area contributed by atoms with Crippen LogP contribution in [0.1, 0.15) is 23.2 Å². The van der Waals surface area contributed by atoms with Gasteiger partial charge in [0, 0.05) is 5.56 Å². The molecule has 120 valence electrons. The van der Waals surface area contributed by atoms with Crippen LogP contribution in [-0.4, -0.2) is 38.0 Å². The Kier molecular flexibility index (Phi) is 3.51. The van der Waals surface area contributed by atoms with Gasteiger partial charge in [-0.2, -0.15) is 23.5 Å². The number of aromatic amines is 2. The van der Waals surface area contributed by atoms with Crippen molar-refractivity contribution < 1.29 is 22.7 Å². The van der Waals surface area contributed by atoms with E-state index in [1.54, 1.807) is 6.92 Å². The zero-order valence-corrected chi connectivity index (χ0v) is 11.7. The molecule has 0 aliphatic heterocycles. The Morgan fingerprint density at radius 3 is 2.78 bits per heavy atom. The van der Waals surface area contributed by atoms with Gasteiger partial charge in [-0.3, -0.25) is 0 Å². The number of nitrogens with zero attached hydrogens (tertiary/aromatic N) is 3. The molecule has 3 rings (SSSR count). The summed E-state index contributed by atoms with van der Waals surface area (Å²) in [5.41, 5.74) is 0.420. The van der Waals surface area contributed by atoms with Gasteiger partial charge in [-0.1, -0.05) is 12.1 Å². The summed E-state index contributed by atoms with van der Waals surface area (Å²) in [4.78, 5) is 17.6. The van der Waals surface area contributed by atoms with E-state index < -0.39 is 18.0 Å². The van der Waals surface area contributed by atoms with E-state index in [1.165, 1.54) is 18.2 Å². The van der Waals surface area contributed by atoms with Gasteiger partial charge < -0.3 is 9.72 Å². The third-order valence-corrected chi connectivity index (χ3v) is 3.05. The Bertz CT molecular complexity index is 868. The molecule has 2 aromatic heterocycles. The van der Waals surface area contributed by atoms with Crippen molar-refractivity contribution in [2.45, 2.75) is 13.1 Å². The molecule has 0 radical (unpaired) electrons. The fourth-order valence-electron chi connectivity index (χ4n) is 2.12. The molecular weight excluding hydrogens is 315 g/mol. The number of fused-ring (bicyclic) bond motifs is 1. The fourth-order valence-corrected chi connectivity index (χ4v) is 2.12. The summed E-state index contributed by atoms with van der Waals surface area (Å²) in [5, 5.41) is 9.82. The predicted molar refractivity (Wildman–Crippen MR) is 72.4 cm³/mol. The van der Waals surface area contributed by atoms with Crippen LogP contribution in [0.2, 0.25) is 0 Å². The summed E-state index contributed by atoms with van der Waals surface area (Å²) in [6.07, 6.45) is -4.61. The van der Waals surface area contributed by atoms with Gasteiger partial charge in [-0.15, -0.1) is 5.10 Å². The van der Waals surface area contributed by atoms with Crippen molar-refractivity contribution in [3.8, 4) is 11.3 Å². The first-order chi connectivity index (χ1) is 10.9. The van der Waals surface area contributed by atoms with Gasteiger partial charge in [-0.25, -0.2) is 9.78 Å². The van der Waals surface area contributed by atoms with E-state index in [1.807, 2.05) is 0 Å². The highest BCUT2D eigenvalue weighted by molar-refractivity contribution is 5.99. The molecule has 7 nitrogen and oxygen atoms in total. The van der Waals surface area contributed by atoms with E-state index in [0.717, 1.165) is 0 Å². The van der Waals surface area contributed by atoms with Crippen LogP contribution >= 0.6 is 0 Å². The number of carbonyl (C=O) groups excluding carboxylic acids is 1. The van der Waals surface area contributed by atoms with Crippen molar-refractivity contribution in [3.05, 3.63) is 29.7 Å². The first-order valence-corrected chi connectivity index (χ1v) is 6.56. The number of halogens is 3. The van der Waals surface area contributed by atoms with E-state index in [9.17, 15) is 18.0 Å². The zero-order valence-electron chi connectivity index (χ0n) is 11.7. The molecule has 1 aromatic carbocycles. The molecule has 0 atom stereocenters. The second kappa shape index (κ2) is 5.38. The molecule has 10 heteroatoms. The van der Waals surface area contributed by atoms with Gasteiger partial charge in [0.15, 0.2) is 5.69 Å².